The van der Waals surface area contributed by atoms with Gasteiger partial charge in [-0.25, -0.2) is 4.79 Å². The van der Waals surface area contributed by atoms with Crippen LogP contribution in [0.4, 0.5) is 4.79 Å². The van der Waals surface area contributed by atoms with Gasteiger partial charge in [-0.1, -0.05) is 54.6 Å². The van der Waals surface area contributed by atoms with Crippen LogP contribution >= 0.6 is 0 Å². The summed E-state index contributed by atoms with van der Waals surface area (Å²) in [5, 5.41) is 6.15. The number of hydrogen-bond donors (Lipinski definition) is 2. The summed E-state index contributed by atoms with van der Waals surface area (Å²) in [4.78, 5) is 14.9. The Morgan fingerprint density at radius 3 is 2.38 bits per heavy atom. The Kier molecular flexibility index (Phi) is 6.29. The minimum absolute atomic E-state index is 0.0156. The first-order valence-electron chi connectivity index (χ1n) is 9.54. The van der Waals surface area contributed by atoms with Crippen molar-refractivity contribution >= 4 is 6.03 Å². The summed E-state index contributed by atoms with van der Waals surface area (Å²) in [7, 11) is 0. The van der Waals surface area contributed by atoms with Gasteiger partial charge in [-0.3, -0.25) is 4.90 Å². The molecule has 4 nitrogen and oxygen atoms in total. The highest BCUT2D eigenvalue weighted by atomic mass is 16.2. The van der Waals surface area contributed by atoms with Gasteiger partial charge in [0.05, 0.1) is 12.1 Å². The molecular formula is C22H29N3O. The van der Waals surface area contributed by atoms with E-state index >= 15 is 0 Å². The normalized spacial score (nSPS) is 16.8. The molecule has 0 radical (unpaired) electrons. The van der Waals surface area contributed by atoms with Crippen molar-refractivity contribution in [3.05, 3.63) is 71.3 Å². The number of hydrogen-bond acceptors (Lipinski definition) is 2. The molecule has 0 bridgehead atoms. The molecule has 0 saturated carbocycles. The van der Waals surface area contributed by atoms with E-state index in [2.05, 4.69) is 58.9 Å². The van der Waals surface area contributed by atoms with E-state index in [0.29, 0.717) is 6.54 Å². The molecule has 0 aromatic heterocycles. The summed E-state index contributed by atoms with van der Waals surface area (Å²) in [5.74, 6) is 0. The number of carbonyl (C=O) groups excluding carboxylic acids is 1. The zero-order valence-corrected chi connectivity index (χ0v) is 15.7. The lowest BCUT2D eigenvalue weighted by atomic mass is 10.0. The first kappa shape index (κ1) is 18.5. The maximum absolute atomic E-state index is 12.4. The molecule has 138 valence electrons. The molecule has 2 atom stereocenters. The van der Waals surface area contributed by atoms with Crippen molar-refractivity contribution in [2.75, 3.05) is 19.6 Å². The van der Waals surface area contributed by atoms with Crippen LogP contribution < -0.4 is 10.6 Å². The van der Waals surface area contributed by atoms with E-state index in [0.717, 1.165) is 18.7 Å². The largest absolute Gasteiger partial charge is 0.336 e. The zero-order chi connectivity index (χ0) is 18.4. The van der Waals surface area contributed by atoms with Gasteiger partial charge in [0.1, 0.15) is 0 Å². The summed E-state index contributed by atoms with van der Waals surface area (Å²) in [6.07, 6.45) is 2.47. The number of aryl methyl sites for hydroxylation is 1. The second-order valence-electron chi connectivity index (χ2n) is 7.10. The summed E-state index contributed by atoms with van der Waals surface area (Å²) in [6.45, 7) is 6.92. The summed E-state index contributed by atoms with van der Waals surface area (Å²) < 4.78 is 0. The number of carbonyl (C=O) groups is 1. The topological polar surface area (TPSA) is 44.4 Å². The lowest BCUT2D eigenvalue weighted by Gasteiger charge is -2.28. The van der Waals surface area contributed by atoms with Gasteiger partial charge in [-0.05, 0) is 56.5 Å². The minimum Gasteiger partial charge on any atom is -0.336 e. The molecule has 2 amide bonds. The van der Waals surface area contributed by atoms with Crippen molar-refractivity contribution in [3.8, 4) is 0 Å². The number of urea groups is 1. The molecule has 2 aromatic rings. The molecule has 3 rings (SSSR count). The maximum Gasteiger partial charge on any atom is 0.315 e. The second kappa shape index (κ2) is 8.86. The molecule has 1 saturated heterocycles. The molecule has 0 aliphatic carbocycles. The molecule has 1 aliphatic rings. The van der Waals surface area contributed by atoms with Gasteiger partial charge < -0.3 is 10.6 Å². The lowest BCUT2D eigenvalue weighted by molar-refractivity contribution is 0.219. The maximum atomic E-state index is 12.4. The van der Waals surface area contributed by atoms with Crippen molar-refractivity contribution in [3.63, 3.8) is 0 Å². The standard InChI is InChI=1S/C22H29N3O/c1-17-10-6-7-13-20(17)18(2)24-22(26)23-16-21(25-14-8-9-15-25)19-11-4-3-5-12-19/h3-7,10-13,18,21H,8-9,14-16H2,1-2H3,(H2,23,24,26). The smallest absolute Gasteiger partial charge is 0.315 e. The van der Waals surface area contributed by atoms with E-state index in [1.165, 1.54) is 24.0 Å². The number of rotatable bonds is 6. The predicted octanol–water partition coefficient (Wildman–Crippen LogP) is 4.19. The fourth-order valence-corrected chi connectivity index (χ4v) is 3.77. The highest BCUT2D eigenvalue weighted by Crippen LogP contribution is 2.24. The number of likely N-dealkylation sites (tertiary alicyclic amines) is 1. The van der Waals surface area contributed by atoms with Crippen LogP contribution in [0.2, 0.25) is 0 Å². The van der Waals surface area contributed by atoms with E-state index in [1.54, 1.807) is 0 Å². The Bertz CT molecular complexity index is 710. The van der Waals surface area contributed by atoms with E-state index in [4.69, 9.17) is 0 Å². The summed E-state index contributed by atoms with van der Waals surface area (Å²) >= 11 is 0. The zero-order valence-electron chi connectivity index (χ0n) is 15.7. The molecule has 1 heterocycles. The van der Waals surface area contributed by atoms with Crippen LogP contribution in [-0.4, -0.2) is 30.6 Å². The van der Waals surface area contributed by atoms with Crippen molar-refractivity contribution in [1.29, 1.82) is 0 Å². The Labute approximate surface area is 156 Å². The van der Waals surface area contributed by atoms with Gasteiger partial charge in [0.25, 0.3) is 0 Å². The van der Waals surface area contributed by atoms with Crippen molar-refractivity contribution in [2.45, 2.75) is 38.8 Å². The van der Waals surface area contributed by atoms with Gasteiger partial charge >= 0.3 is 6.03 Å². The van der Waals surface area contributed by atoms with Crippen molar-refractivity contribution in [2.24, 2.45) is 0 Å². The average molecular weight is 351 g/mol. The molecule has 4 heteroatoms. The SMILES string of the molecule is Cc1ccccc1C(C)NC(=O)NCC(c1ccccc1)N1CCCC1. The molecule has 2 N–H and O–H groups in total. The van der Waals surface area contributed by atoms with E-state index in [1.807, 2.05) is 25.1 Å². The highest BCUT2D eigenvalue weighted by molar-refractivity contribution is 5.74. The molecule has 2 unspecified atom stereocenters. The van der Waals surface area contributed by atoms with E-state index < -0.39 is 0 Å². The Morgan fingerprint density at radius 1 is 1.04 bits per heavy atom. The van der Waals surface area contributed by atoms with Gasteiger partial charge in [-0.15, -0.1) is 0 Å². The number of nitrogens with zero attached hydrogens (tertiary/aromatic N) is 1. The van der Waals surface area contributed by atoms with Crippen LogP contribution in [0.25, 0.3) is 0 Å². The highest BCUT2D eigenvalue weighted by Gasteiger charge is 2.24. The fraction of sp³-hybridized carbons (Fsp3) is 0.409. The third-order valence-corrected chi connectivity index (χ3v) is 5.22. The molecule has 1 fully saturated rings. The van der Waals surface area contributed by atoms with Crippen LogP contribution in [0.3, 0.4) is 0 Å². The van der Waals surface area contributed by atoms with Gasteiger partial charge in [0, 0.05) is 6.54 Å². The second-order valence-corrected chi connectivity index (χ2v) is 7.10. The average Bonchev–Trinajstić information content (AvgIpc) is 3.17. The first-order chi connectivity index (χ1) is 12.6. The summed E-state index contributed by atoms with van der Waals surface area (Å²) in [6, 6.07) is 18.8. The van der Waals surface area contributed by atoms with Gasteiger partial charge in [0.15, 0.2) is 0 Å². The third kappa shape index (κ3) is 4.64. The summed E-state index contributed by atoms with van der Waals surface area (Å²) in [5.41, 5.74) is 3.61. The van der Waals surface area contributed by atoms with Crippen LogP contribution in [0.15, 0.2) is 54.6 Å². The Morgan fingerprint density at radius 2 is 1.69 bits per heavy atom. The fourth-order valence-electron chi connectivity index (χ4n) is 3.77. The predicted molar refractivity (Wildman–Crippen MR) is 106 cm³/mol. The minimum atomic E-state index is -0.110. The van der Waals surface area contributed by atoms with Crippen LogP contribution in [-0.2, 0) is 0 Å². The van der Waals surface area contributed by atoms with Crippen LogP contribution in [0.1, 0.15) is 48.5 Å². The number of amides is 2. The van der Waals surface area contributed by atoms with E-state index in [-0.39, 0.29) is 18.1 Å². The number of benzene rings is 2. The van der Waals surface area contributed by atoms with Crippen LogP contribution in [0.5, 0.6) is 0 Å². The van der Waals surface area contributed by atoms with Crippen LogP contribution in [0, 0.1) is 6.92 Å². The molecule has 0 spiro atoms. The Hall–Kier alpha value is -2.33. The van der Waals surface area contributed by atoms with Gasteiger partial charge in [-0.2, -0.15) is 0 Å². The Balaban J connectivity index is 1.60. The number of nitrogens with one attached hydrogen (secondary N) is 2. The quantitative estimate of drug-likeness (QED) is 0.819. The third-order valence-electron chi connectivity index (χ3n) is 5.22. The van der Waals surface area contributed by atoms with Gasteiger partial charge in [0.2, 0.25) is 0 Å². The first-order valence-corrected chi connectivity index (χ1v) is 9.54. The lowest BCUT2D eigenvalue weighted by Crippen LogP contribution is -2.42. The van der Waals surface area contributed by atoms with Crippen molar-refractivity contribution in [1.82, 2.24) is 15.5 Å². The molecular weight excluding hydrogens is 322 g/mol. The monoisotopic (exact) mass is 351 g/mol. The molecule has 1 aliphatic heterocycles. The molecule has 26 heavy (non-hydrogen) atoms. The van der Waals surface area contributed by atoms with Crippen molar-refractivity contribution < 1.29 is 4.79 Å². The van der Waals surface area contributed by atoms with E-state index in [9.17, 15) is 4.79 Å². The molecule has 2 aromatic carbocycles.